The molecule has 0 heterocycles. The van der Waals surface area contributed by atoms with Crippen LogP contribution in [0.1, 0.15) is 18.1 Å². The predicted molar refractivity (Wildman–Crippen MR) is 99.2 cm³/mol. The molecule has 0 spiro atoms. The molecule has 28 heavy (non-hydrogen) atoms. The van der Waals surface area contributed by atoms with E-state index in [0.29, 0.717) is 23.2 Å². The van der Waals surface area contributed by atoms with Gasteiger partial charge in [-0.05, 0) is 36.8 Å². The zero-order chi connectivity index (χ0) is 20.9. The molecule has 2 aromatic carbocycles. The molecule has 5 nitrogen and oxygen atoms in total. The molecule has 0 radical (unpaired) electrons. The Balaban J connectivity index is 2.09. The lowest BCUT2D eigenvalue weighted by molar-refractivity contribution is -0.137. The number of hydrogen-bond donors (Lipinski definition) is 1. The van der Waals surface area contributed by atoms with E-state index in [9.17, 15) is 26.4 Å². The first kappa shape index (κ1) is 22.2. The smallest absolute Gasteiger partial charge is 0.337 e. The minimum Gasteiger partial charge on any atom is -0.337 e. The van der Waals surface area contributed by atoms with E-state index >= 15 is 0 Å². The van der Waals surface area contributed by atoms with Crippen molar-refractivity contribution in [1.82, 2.24) is 9.62 Å². The van der Waals surface area contributed by atoms with Crippen molar-refractivity contribution in [3.8, 4) is 0 Å². The number of alkyl halides is 3. The van der Waals surface area contributed by atoms with Crippen molar-refractivity contribution in [2.24, 2.45) is 0 Å². The Morgan fingerprint density at radius 1 is 1.14 bits per heavy atom. The second-order valence-electron chi connectivity index (χ2n) is 5.85. The molecule has 1 amide bonds. The van der Waals surface area contributed by atoms with E-state index in [0.717, 1.165) is 18.2 Å². The molecule has 0 aliphatic rings. The molecule has 0 saturated heterocycles. The Morgan fingerprint density at radius 2 is 1.82 bits per heavy atom. The largest absolute Gasteiger partial charge is 0.416 e. The minimum atomic E-state index is -4.67. The van der Waals surface area contributed by atoms with Gasteiger partial charge in [0.05, 0.1) is 17.0 Å². The van der Waals surface area contributed by atoms with Crippen LogP contribution in [0, 0.1) is 0 Å². The summed E-state index contributed by atoms with van der Waals surface area (Å²) in [5.41, 5.74) is -0.393. The minimum absolute atomic E-state index is 0.181. The van der Waals surface area contributed by atoms with Crippen molar-refractivity contribution in [3.63, 3.8) is 0 Å². The molecule has 0 unspecified atom stereocenters. The lowest BCUT2D eigenvalue weighted by Gasteiger charge is -2.22. The Kier molecular flexibility index (Phi) is 7.08. The summed E-state index contributed by atoms with van der Waals surface area (Å²) in [5.74, 6) is -0.530. The summed E-state index contributed by atoms with van der Waals surface area (Å²) in [5, 5.41) is 0.471. The molecule has 152 valence electrons. The average molecular weight is 435 g/mol. The van der Waals surface area contributed by atoms with Crippen molar-refractivity contribution in [1.29, 1.82) is 0 Å². The van der Waals surface area contributed by atoms with E-state index in [2.05, 4.69) is 0 Å². The van der Waals surface area contributed by atoms with E-state index in [-0.39, 0.29) is 6.54 Å². The highest BCUT2D eigenvalue weighted by atomic mass is 35.5. The topological polar surface area (TPSA) is 66.5 Å². The number of amides is 1. The molecule has 2 aromatic rings. The van der Waals surface area contributed by atoms with E-state index in [1.165, 1.54) is 4.90 Å². The Morgan fingerprint density at radius 3 is 2.43 bits per heavy atom. The third-order valence-electron chi connectivity index (χ3n) is 3.94. The Hall–Kier alpha value is -2.10. The molecule has 2 rings (SSSR count). The first-order chi connectivity index (χ1) is 13.0. The SMILES string of the molecule is CCN(Cc1ccccc1Cl)C(=O)CNS(=O)(=O)c1cccc(C(F)(F)F)c1. The van der Waals surface area contributed by atoms with Crippen LogP contribution in [0.2, 0.25) is 5.02 Å². The van der Waals surface area contributed by atoms with Crippen LogP contribution in [0.3, 0.4) is 0 Å². The van der Waals surface area contributed by atoms with Crippen molar-refractivity contribution in [3.05, 3.63) is 64.7 Å². The van der Waals surface area contributed by atoms with Crippen LogP contribution in [-0.4, -0.2) is 32.3 Å². The van der Waals surface area contributed by atoms with E-state index in [4.69, 9.17) is 11.6 Å². The fraction of sp³-hybridized carbons (Fsp3) is 0.278. The number of likely N-dealkylation sites (N-methyl/N-ethyl adjacent to an activating group) is 1. The van der Waals surface area contributed by atoms with Gasteiger partial charge in [-0.15, -0.1) is 0 Å². The molecule has 0 aliphatic heterocycles. The molecule has 0 aromatic heterocycles. The van der Waals surface area contributed by atoms with Gasteiger partial charge >= 0.3 is 6.18 Å². The Bertz CT molecular complexity index is 949. The molecule has 1 N–H and O–H groups in total. The summed E-state index contributed by atoms with van der Waals surface area (Å²) in [6, 6.07) is 10.2. The molecular formula is C18H18ClF3N2O3S. The number of sulfonamides is 1. The number of rotatable bonds is 7. The second kappa shape index (κ2) is 8.93. The fourth-order valence-corrected chi connectivity index (χ4v) is 3.62. The lowest BCUT2D eigenvalue weighted by Crippen LogP contribution is -2.39. The first-order valence-electron chi connectivity index (χ1n) is 8.22. The van der Waals surface area contributed by atoms with Gasteiger partial charge < -0.3 is 4.90 Å². The quantitative estimate of drug-likeness (QED) is 0.722. The van der Waals surface area contributed by atoms with Crippen LogP contribution in [-0.2, 0) is 27.5 Å². The van der Waals surface area contributed by atoms with Gasteiger partial charge in [0.25, 0.3) is 0 Å². The maximum Gasteiger partial charge on any atom is 0.416 e. The summed E-state index contributed by atoms with van der Waals surface area (Å²) < 4.78 is 64.9. The average Bonchev–Trinajstić information content (AvgIpc) is 2.65. The summed E-state index contributed by atoms with van der Waals surface area (Å²) in [6.45, 7) is 1.61. The predicted octanol–water partition coefficient (Wildman–Crippen LogP) is 3.69. The van der Waals surface area contributed by atoms with Crippen molar-refractivity contribution in [2.45, 2.75) is 24.5 Å². The normalized spacial score (nSPS) is 12.0. The number of halogens is 4. The zero-order valence-electron chi connectivity index (χ0n) is 14.8. The summed E-state index contributed by atoms with van der Waals surface area (Å²) in [6.07, 6.45) is -4.67. The Labute approximate surface area is 166 Å². The van der Waals surface area contributed by atoms with Crippen LogP contribution in [0.4, 0.5) is 13.2 Å². The van der Waals surface area contributed by atoms with Crippen LogP contribution < -0.4 is 4.72 Å². The van der Waals surface area contributed by atoms with Crippen molar-refractivity contribution < 1.29 is 26.4 Å². The van der Waals surface area contributed by atoms with Gasteiger partial charge in [0, 0.05) is 18.1 Å². The van der Waals surface area contributed by atoms with Gasteiger partial charge in [-0.3, -0.25) is 4.79 Å². The molecule has 0 fully saturated rings. The highest BCUT2D eigenvalue weighted by molar-refractivity contribution is 7.89. The molecule has 0 aliphatic carbocycles. The molecular weight excluding hydrogens is 417 g/mol. The zero-order valence-corrected chi connectivity index (χ0v) is 16.4. The van der Waals surface area contributed by atoms with Gasteiger partial charge in [-0.2, -0.15) is 13.2 Å². The number of benzene rings is 2. The molecule has 0 saturated carbocycles. The van der Waals surface area contributed by atoms with E-state index in [1.54, 1.807) is 31.2 Å². The maximum absolute atomic E-state index is 12.8. The first-order valence-corrected chi connectivity index (χ1v) is 10.1. The van der Waals surface area contributed by atoms with Crippen LogP contribution in [0.15, 0.2) is 53.4 Å². The standard InChI is InChI=1S/C18H18ClF3N2O3S/c1-2-24(12-13-6-3-4-9-16(13)19)17(25)11-23-28(26,27)15-8-5-7-14(10-15)18(20,21)22/h3-10,23H,2,11-12H2,1H3. The van der Waals surface area contributed by atoms with E-state index < -0.39 is 39.1 Å². The highest BCUT2D eigenvalue weighted by Crippen LogP contribution is 2.30. The number of nitrogens with zero attached hydrogens (tertiary/aromatic N) is 1. The monoisotopic (exact) mass is 434 g/mol. The van der Waals surface area contributed by atoms with E-state index in [1.807, 2.05) is 4.72 Å². The maximum atomic E-state index is 12.8. The van der Waals surface area contributed by atoms with Gasteiger partial charge in [0.1, 0.15) is 0 Å². The molecule has 0 atom stereocenters. The number of carbonyl (C=O) groups excluding carboxylic acids is 1. The van der Waals surface area contributed by atoms with Crippen molar-refractivity contribution >= 4 is 27.5 Å². The third-order valence-corrected chi connectivity index (χ3v) is 5.71. The number of carbonyl (C=O) groups is 1. The lowest BCUT2D eigenvalue weighted by atomic mass is 10.2. The third kappa shape index (κ3) is 5.70. The number of nitrogens with one attached hydrogen (secondary N) is 1. The fourth-order valence-electron chi connectivity index (χ4n) is 2.40. The van der Waals surface area contributed by atoms with Gasteiger partial charge in [-0.25, -0.2) is 13.1 Å². The van der Waals surface area contributed by atoms with Crippen LogP contribution >= 0.6 is 11.6 Å². The number of hydrogen-bond acceptors (Lipinski definition) is 3. The van der Waals surface area contributed by atoms with Gasteiger partial charge in [0.15, 0.2) is 0 Å². The second-order valence-corrected chi connectivity index (χ2v) is 8.02. The summed E-state index contributed by atoms with van der Waals surface area (Å²) >= 11 is 6.07. The molecule has 0 bridgehead atoms. The van der Waals surface area contributed by atoms with Crippen LogP contribution in [0.25, 0.3) is 0 Å². The van der Waals surface area contributed by atoms with Gasteiger partial charge in [-0.1, -0.05) is 35.9 Å². The van der Waals surface area contributed by atoms with Crippen molar-refractivity contribution in [2.75, 3.05) is 13.1 Å². The summed E-state index contributed by atoms with van der Waals surface area (Å²) in [4.78, 5) is 13.2. The van der Waals surface area contributed by atoms with Gasteiger partial charge in [0.2, 0.25) is 15.9 Å². The molecule has 10 heteroatoms. The van der Waals surface area contributed by atoms with Crippen LogP contribution in [0.5, 0.6) is 0 Å². The summed E-state index contributed by atoms with van der Waals surface area (Å²) in [7, 11) is -4.28. The highest BCUT2D eigenvalue weighted by Gasteiger charge is 2.31.